The largest absolute Gasteiger partial charge is 0.496 e. The highest BCUT2D eigenvalue weighted by Crippen LogP contribution is 2.40. The average Bonchev–Trinajstić information content (AvgIpc) is 2.46. The summed E-state index contributed by atoms with van der Waals surface area (Å²) in [5.74, 6) is 1.58. The molecule has 0 fully saturated rings. The lowest BCUT2D eigenvalue weighted by Crippen LogP contribution is -1.95. The smallest absolute Gasteiger partial charge is 0.137 e. The Hall–Kier alpha value is -2.22. The lowest BCUT2D eigenvalue weighted by Gasteiger charge is -2.15. The Kier molecular flexibility index (Phi) is 3.68. The van der Waals surface area contributed by atoms with E-state index >= 15 is 0 Å². The molecule has 0 N–H and O–H groups in total. The van der Waals surface area contributed by atoms with Crippen LogP contribution < -0.4 is 9.47 Å². The Morgan fingerprint density at radius 1 is 0.944 bits per heavy atom. The second kappa shape index (κ2) is 5.41. The standard InChI is InChI=1S/C16H16O2/c1-4-12-10-11-14(17-2)15(16(12)18-3)13-8-6-5-7-9-13/h4-11H,1H2,2-3H3. The predicted molar refractivity (Wildman–Crippen MR) is 75.1 cm³/mol. The molecular formula is C16H16O2. The van der Waals surface area contributed by atoms with Crippen LogP contribution in [-0.4, -0.2) is 14.2 Å². The highest BCUT2D eigenvalue weighted by molar-refractivity contribution is 5.81. The predicted octanol–water partition coefficient (Wildman–Crippen LogP) is 4.01. The summed E-state index contributed by atoms with van der Waals surface area (Å²) in [4.78, 5) is 0. The number of hydrogen-bond donors (Lipinski definition) is 0. The topological polar surface area (TPSA) is 18.5 Å². The van der Waals surface area contributed by atoms with Crippen LogP contribution in [0.25, 0.3) is 17.2 Å². The Morgan fingerprint density at radius 3 is 2.22 bits per heavy atom. The van der Waals surface area contributed by atoms with Crippen LogP contribution in [0.2, 0.25) is 0 Å². The minimum Gasteiger partial charge on any atom is -0.496 e. The second-order valence-corrected chi connectivity index (χ2v) is 3.84. The molecule has 0 aliphatic heterocycles. The van der Waals surface area contributed by atoms with Crippen molar-refractivity contribution in [1.82, 2.24) is 0 Å². The number of rotatable bonds is 4. The van der Waals surface area contributed by atoms with Crippen LogP contribution in [0.3, 0.4) is 0 Å². The molecule has 0 aliphatic carbocycles. The van der Waals surface area contributed by atoms with E-state index in [0.29, 0.717) is 0 Å². The summed E-state index contributed by atoms with van der Waals surface area (Å²) in [6.45, 7) is 3.81. The third-order valence-electron chi connectivity index (χ3n) is 2.86. The van der Waals surface area contributed by atoms with Crippen LogP contribution in [0.1, 0.15) is 5.56 Å². The van der Waals surface area contributed by atoms with Gasteiger partial charge in [0.05, 0.1) is 19.8 Å². The van der Waals surface area contributed by atoms with Crippen molar-refractivity contribution < 1.29 is 9.47 Å². The van der Waals surface area contributed by atoms with E-state index < -0.39 is 0 Å². The molecule has 2 aromatic carbocycles. The molecule has 0 saturated carbocycles. The van der Waals surface area contributed by atoms with Crippen molar-refractivity contribution in [2.75, 3.05) is 14.2 Å². The molecule has 2 nitrogen and oxygen atoms in total. The molecule has 2 rings (SSSR count). The first-order chi connectivity index (χ1) is 8.81. The lowest BCUT2D eigenvalue weighted by molar-refractivity contribution is 0.397. The van der Waals surface area contributed by atoms with Crippen LogP contribution in [0, 0.1) is 0 Å². The van der Waals surface area contributed by atoms with Crippen LogP contribution in [0.4, 0.5) is 0 Å². The van der Waals surface area contributed by atoms with E-state index in [0.717, 1.165) is 28.2 Å². The van der Waals surface area contributed by atoms with Gasteiger partial charge < -0.3 is 9.47 Å². The Balaban J connectivity index is 2.73. The van der Waals surface area contributed by atoms with Crippen molar-refractivity contribution in [3.8, 4) is 22.6 Å². The van der Waals surface area contributed by atoms with Crippen molar-refractivity contribution >= 4 is 6.08 Å². The molecule has 92 valence electrons. The Labute approximate surface area is 107 Å². The maximum Gasteiger partial charge on any atom is 0.137 e. The highest BCUT2D eigenvalue weighted by Gasteiger charge is 2.14. The van der Waals surface area contributed by atoms with E-state index in [1.165, 1.54) is 0 Å². The van der Waals surface area contributed by atoms with E-state index in [9.17, 15) is 0 Å². The normalized spacial score (nSPS) is 9.89. The zero-order valence-electron chi connectivity index (χ0n) is 10.6. The molecule has 2 heteroatoms. The summed E-state index contributed by atoms with van der Waals surface area (Å²) in [5.41, 5.74) is 2.98. The van der Waals surface area contributed by atoms with E-state index in [-0.39, 0.29) is 0 Å². The molecular weight excluding hydrogens is 224 g/mol. The quantitative estimate of drug-likeness (QED) is 0.803. The van der Waals surface area contributed by atoms with Gasteiger partial charge in [0.2, 0.25) is 0 Å². The fourth-order valence-electron chi connectivity index (χ4n) is 2.01. The van der Waals surface area contributed by atoms with Crippen molar-refractivity contribution in [3.05, 3.63) is 54.6 Å². The monoisotopic (exact) mass is 240 g/mol. The maximum atomic E-state index is 5.51. The summed E-state index contributed by atoms with van der Waals surface area (Å²) >= 11 is 0. The molecule has 0 radical (unpaired) electrons. The molecule has 0 saturated heterocycles. The molecule has 0 unspecified atom stereocenters. The molecule has 0 aliphatic rings. The Bertz CT molecular complexity index is 545. The molecule has 0 bridgehead atoms. The van der Waals surface area contributed by atoms with Gasteiger partial charge in [0.15, 0.2) is 0 Å². The first kappa shape index (κ1) is 12.2. The zero-order valence-corrected chi connectivity index (χ0v) is 10.6. The number of ether oxygens (including phenoxy) is 2. The van der Waals surface area contributed by atoms with Crippen LogP contribution >= 0.6 is 0 Å². The zero-order chi connectivity index (χ0) is 13.0. The number of hydrogen-bond acceptors (Lipinski definition) is 2. The SMILES string of the molecule is C=Cc1ccc(OC)c(-c2ccccc2)c1OC. The minimum atomic E-state index is 0.788. The van der Waals surface area contributed by atoms with Gasteiger partial charge in [-0.15, -0.1) is 0 Å². The third kappa shape index (κ3) is 2.09. The summed E-state index contributed by atoms with van der Waals surface area (Å²) in [6, 6.07) is 13.9. The van der Waals surface area contributed by atoms with Gasteiger partial charge in [0.1, 0.15) is 11.5 Å². The van der Waals surface area contributed by atoms with E-state index in [1.807, 2.05) is 42.5 Å². The first-order valence-electron chi connectivity index (χ1n) is 5.74. The summed E-state index contributed by atoms with van der Waals surface area (Å²) in [5, 5.41) is 0. The van der Waals surface area contributed by atoms with Gasteiger partial charge in [-0.2, -0.15) is 0 Å². The van der Waals surface area contributed by atoms with Crippen LogP contribution in [0.15, 0.2) is 49.0 Å². The van der Waals surface area contributed by atoms with E-state index in [2.05, 4.69) is 6.58 Å². The van der Waals surface area contributed by atoms with E-state index in [1.54, 1.807) is 20.3 Å². The van der Waals surface area contributed by atoms with Gasteiger partial charge >= 0.3 is 0 Å². The summed E-state index contributed by atoms with van der Waals surface area (Å²) < 4.78 is 10.9. The fourth-order valence-corrected chi connectivity index (χ4v) is 2.01. The van der Waals surface area contributed by atoms with Crippen molar-refractivity contribution in [2.24, 2.45) is 0 Å². The van der Waals surface area contributed by atoms with Crippen LogP contribution in [0.5, 0.6) is 11.5 Å². The maximum absolute atomic E-state index is 5.51. The summed E-state index contributed by atoms with van der Waals surface area (Å²) in [6.07, 6.45) is 1.78. The minimum absolute atomic E-state index is 0.788. The van der Waals surface area contributed by atoms with Crippen LogP contribution in [-0.2, 0) is 0 Å². The van der Waals surface area contributed by atoms with Gasteiger partial charge in [-0.1, -0.05) is 43.0 Å². The molecule has 0 spiro atoms. The van der Waals surface area contributed by atoms with Gasteiger partial charge in [-0.25, -0.2) is 0 Å². The second-order valence-electron chi connectivity index (χ2n) is 3.84. The molecule has 2 aromatic rings. The fraction of sp³-hybridized carbons (Fsp3) is 0.125. The van der Waals surface area contributed by atoms with Gasteiger partial charge in [-0.3, -0.25) is 0 Å². The molecule has 0 heterocycles. The molecule has 18 heavy (non-hydrogen) atoms. The van der Waals surface area contributed by atoms with Crippen molar-refractivity contribution in [1.29, 1.82) is 0 Å². The molecule has 0 amide bonds. The summed E-state index contributed by atoms with van der Waals surface area (Å²) in [7, 11) is 3.32. The highest BCUT2D eigenvalue weighted by atomic mass is 16.5. The van der Waals surface area contributed by atoms with Crippen molar-refractivity contribution in [3.63, 3.8) is 0 Å². The third-order valence-corrected chi connectivity index (χ3v) is 2.86. The van der Waals surface area contributed by atoms with Gasteiger partial charge in [-0.05, 0) is 17.7 Å². The molecule has 0 atom stereocenters. The average molecular weight is 240 g/mol. The van der Waals surface area contributed by atoms with Gasteiger partial charge in [0.25, 0.3) is 0 Å². The Morgan fingerprint density at radius 2 is 1.67 bits per heavy atom. The van der Waals surface area contributed by atoms with Crippen molar-refractivity contribution in [2.45, 2.75) is 0 Å². The van der Waals surface area contributed by atoms with E-state index in [4.69, 9.17) is 9.47 Å². The number of methoxy groups -OCH3 is 2. The molecule has 0 aromatic heterocycles. The lowest BCUT2D eigenvalue weighted by atomic mass is 10.00. The number of benzene rings is 2. The van der Waals surface area contributed by atoms with Gasteiger partial charge in [0, 0.05) is 5.56 Å². The first-order valence-corrected chi connectivity index (χ1v) is 5.74.